The van der Waals surface area contributed by atoms with Crippen molar-refractivity contribution in [3.8, 4) is 0 Å². The second-order valence-corrected chi connectivity index (χ2v) is 2.09. The molecule has 0 unspecified atom stereocenters. The van der Waals surface area contributed by atoms with Crippen molar-refractivity contribution in [2.45, 2.75) is 0 Å². The van der Waals surface area contributed by atoms with Crippen molar-refractivity contribution in [2.24, 2.45) is 11.5 Å². The van der Waals surface area contributed by atoms with E-state index in [9.17, 15) is 4.79 Å². The van der Waals surface area contributed by atoms with Crippen molar-refractivity contribution in [1.82, 2.24) is 0 Å². The summed E-state index contributed by atoms with van der Waals surface area (Å²) in [5.74, 6) is -0.632. The number of aliphatic hydroxyl groups is 1. The van der Waals surface area contributed by atoms with Crippen molar-refractivity contribution in [3.63, 3.8) is 0 Å². The van der Waals surface area contributed by atoms with E-state index in [1.165, 1.54) is 18.4 Å². The molecule has 0 radical (unpaired) electrons. The van der Waals surface area contributed by atoms with E-state index >= 15 is 0 Å². The molecule has 0 aliphatic heterocycles. The highest BCUT2D eigenvalue weighted by atomic mass is 16.3. The number of carbonyl (C=O) groups is 1. The predicted molar refractivity (Wildman–Crippen MR) is 46.8 cm³/mol. The molecule has 0 spiro atoms. The topological polar surface area (TPSA) is 89.3 Å². The molecule has 0 saturated heterocycles. The number of hydrogen-bond acceptors (Lipinski definition) is 3. The van der Waals surface area contributed by atoms with Gasteiger partial charge in [0.2, 0.25) is 5.91 Å². The molecular weight excluding hydrogens is 156 g/mol. The van der Waals surface area contributed by atoms with E-state index < -0.39 is 5.91 Å². The summed E-state index contributed by atoms with van der Waals surface area (Å²) >= 11 is 0. The van der Waals surface area contributed by atoms with E-state index in [0.717, 1.165) is 0 Å². The van der Waals surface area contributed by atoms with Crippen LogP contribution in [0.1, 0.15) is 0 Å². The number of allylic oxidation sites excluding steroid dienone is 2. The molecule has 5 N–H and O–H groups in total. The summed E-state index contributed by atoms with van der Waals surface area (Å²) in [4.78, 5) is 10.7. The Labute approximate surface area is 70.9 Å². The van der Waals surface area contributed by atoms with Crippen LogP contribution in [0.25, 0.3) is 0 Å². The van der Waals surface area contributed by atoms with E-state index in [1.807, 2.05) is 0 Å². The Morgan fingerprint density at radius 1 is 1.58 bits per heavy atom. The highest BCUT2D eigenvalue weighted by Gasteiger charge is 2.06. The molecule has 0 aromatic carbocycles. The maximum absolute atomic E-state index is 10.7. The van der Waals surface area contributed by atoms with Crippen molar-refractivity contribution in [2.75, 3.05) is 6.61 Å². The lowest BCUT2D eigenvalue weighted by molar-refractivity contribution is -0.114. The summed E-state index contributed by atoms with van der Waals surface area (Å²) in [6, 6.07) is 0. The fraction of sp³-hybridized carbons (Fsp3) is 0.125. The van der Waals surface area contributed by atoms with Crippen LogP contribution in [0, 0.1) is 0 Å². The first-order valence-corrected chi connectivity index (χ1v) is 3.30. The number of carbonyl (C=O) groups excluding carboxylic acids is 1. The molecule has 0 rings (SSSR count). The van der Waals surface area contributed by atoms with Crippen LogP contribution in [-0.4, -0.2) is 17.6 Å². The summed E-state index contributed by atoms with van der Waals surface area (Å²) in [7, 11) is 0. The molecule has 66 valence electrons. The minimum atomic E-state index is -0.632. The summed E-state index contributed by atoms with van der Waals surface area (Å²) in [6.07, 6.45) is 4.11. The minimum Gasteiger partial charge on any atom is -0.405 e. The predicted octanol–water partition coefficient (Wildman–Crippen LogP) is -0.581. The molecule has 0 aromatic heterocycles. The average Bonchev–Trinajstić information content (AvgIpc) is 2.04. The zero-order valence-corrected chi connectivity index (χ0v) is 6.66. The smallest absolute Gasteiger partial charge is 0.249 e. The van der Waals surface area contributed by atoms with Crippen LogP contribution < -0.4 is 11.5 Å². The first-order valence-electron chi connectivity index (χ1n) is 3.30. The number of primary amides is 1. The Balaban J connectivity index is 4.66. The van der Waals surface area contributed by atoms with Crippen LogP contribution in [-0.2, 0) is 4.79 Å². The third-order valence-electron chi connectivity index (χ3n) is 1.21. The molecule has 12 heavy (non-hydrogen) atoms. The van der Waals surface area contributed by atoms with Gasteiger partial charge in [-0.25, -0.2) is 0 Å². The Morgan fingerprint density at radius 2 is 2.17 bits per heavy atom. The van der Waals surface area contributed by atoms with Gasteiger partial charge in [0.1, 0.15) is 0 Å². The maximum atomic E-state index is 10.7. The van der Waals surface area contributed by atoms with Crippen LogP contribution in [0.3, 0.4) is 0 Å². The van der Waals surface area contributed by atoms with Gasteiger partial charge in [-0.15, -0.1) is 0 Å². The van der Waals surface area contributed by atoms with Crippen LogP contribution >= 0.6 is 0 Å². The SMILES string of the molecule is C=C(CO)/C(=C\C=C/N)C(N)=O. The molecular formula is C8H12N2O2. The summed E-state index contributed by atoms with van der Waals surface area (Å²) in [5.41, 5.74) is 10.5. The number of amides is 1. The van der Waals surface area contributed by atoms with Gasteiger partial charge in [0.05, 0.1) is 6.61 Å². The Morgan fingerprint density at radius 3 is 2.50 bits per heavy atom. The highest BCUT2D eigenvalue weighted by Crippen LogP contribution is 2.05. The number of nitrogens with two attached hydrogens (primary N) is 2. The molecule has 0 aromatic rings. The molecule has 0 heterocycles. The molecule has 1 amide bonds. The third kappa shape index (κ3) is 3.03. The fourth-order valence-electron chi connectivity index (χ4n) is 0.611. The van der Waals surface area contributed by atoms with Gasteiger partial charge in [-0.2, -0.15) is 0 Å². The maximum Gasteiger partial charge on any atom is 0.249 e. The standard InChI is InChI=1S/C8H12N2O2/c1-6(5-11)7(8(10)12)3-2-4-9/h2-4,11H,1,5,9H2,(H2,10,12)/b4-2-,7-3+. The molecule has 0 saturated carbocycles. The first-order chi connectivity index (χ1) is 5.63. The lowest BCUT2D eigenvalue weighted by Crippen LogP contribution is -2.16. The van der Waals surface area contributed by atoms with Gasteiger partial charge >= 0.3 is 0 Å². The van der Waals surface area contributed by atoms with Gasteiger partial charge in [0.25, 0.3) is 0 Å². The van der Waals surface area contributed by atoms with Crippen molar-refractivity contribution in [1.29, 1.82) is 0 Å². The lowest BCUT2D eigenvalue weighted by atomic mass is 10.1. The second-order valence-electron chi connectivity index (χ2n) is 2.09. The largest absolute Gasteiger partial charge is 0.405 e. The van der Waals surface area contributed by atoms with E-state index in [2.05, 4.69) is 6.58 Å². The van der Waals surface area contributed by atoms with Gasteiger partial charge in [0, 0.05) is 5.57 Å². The Hall–Kier alpha value is -1.55. The van der Waals surface area contributed by atoms with Crippen LogP contribution in [0.4, 0.5) is 0 Å². The Bertz CT molecular complexity index is 241. The summed E-state index contributed by atoms with van der Waals surface area (Å²) in [5, 5.41) is 8.65. The molecule has 4 nitrogen and oxygen atoms in total. The normalized spacial score (nSPS) is 11.9. The molecule has 0 aliphatic carbocycles. The minimum absolute atomic E-state index is 0.180. The van der Waals surface area contributed by atoms with Crippen LogP contribution in [0.2, 0.25) is 0 Å². The van der Waals surface area contributed by atoms with E-state index in [0.29, 0.717) is 0 Å². The zero-order chi connectivity index (χ0) is 9.56. The molecule has 0 bridgehead atoms. The van der Waals surface area contributed by atoms with Gasteiger partial charge in [-0.1, -0.05) is 6.58 Å². The van der Waals surface area contributed by atoms with Crippen molar-refractivity contribution >= 4 is 5.91 Å². The van der Waals surface area contributed by atoms with Gasteiger partial charge in [-0.05, 0) is 23.9 Å². The number of aliphatic hydroxyl groups excluding tert-OH is 1. The molecule has 0 fully saturated rings. The lowest BCUT2D eigenvalue weighted by Gasteiger charge is -2.01. The molecule has 0 aliphatic rings. The van der Waals surface area contributed by atoms with Crippen molar-refractivity contribution < 1.29 is 9.90 Å². The number of rotatable bonds is 4. The van der Waals surface area contributed by atoms with E-state index in [-0.39, 0.29) is 17.8 Å². The van der Waals surface area contributed by atoms with Gasteiger partial charge < -0.3 is 16.6 Å². The van der Waals surface area contributed by atoms with E-state index in [1.54, 1.807) is 0 Å². The van der Waals surface area contributed by atoms with Gasteiger partial charge in [0.15, 0.2) is 0 Å². The zero-order valence-electron chi connectivity index (χ0n) is 6.66. The quantitative estimate of drug-likeness (QED) is 0.387. The fourth-order valence-corrected chi connectivity index (χ4v) is 0.611. The Kier molecular flexibility index (Phi) is 4.48. The molecule has 0 atom stereocenters. The average molecular weight is 168 g/mol. The van der Waals surface area contributed by atoms with Crippen LogP contribution in [0.5, 0.6) is 0 Å². The van der Waals surface area contributed by atoms with E-state index in [4.69, 9.17) is 16.6 Å². The van der Waals surface area contributed by atoms with Crippen LogP contribution in [0.15, 0.2) is 36.1 Å². The second kappa shape index (κ2) is 5.15. The summed E-state index contributed by atoms with van der Waals surface area (Å²) < 4.78 is 0. The highest BCUT2D eigenvalue weighted by molar-refractivity contribution is 5.96. The first kappa shape index (κ1) is 10.4. The molecule has 4 heteroatoms. The third-order valence-corrected chi connectivity index (χ3v) is 1.21. The van der Waals surface area contributed by atoms with Gasteiger partial charge in [-0.3, -0.25) is 4.79 Å². The monoisotopic (exact) mass is 168 g/mol. The van der Waals surface area contributed by atoms with Crippen molar-refractivity contribution in [3.05, 3.63) is 36.1 Å². The summed E-state index contributed by atoms with van der Waals surface area (Å²) in [6.45, 7) is 3.16. The number of hydrogen-bond donors (Lipinski definition) is 3.